The average molecular weight is 229 g/mol. The van der Waals surface area contributed by atoms with Crippen LogP contribution in [0.4, 0.5) is 0 Å². The van der Waals surface area contributed by atoms with Crippen LogP contribution in [0, 0.1) is 0 Å². The summed E-state index contributed by atoms with van der Waals surface area (Å²) in [5, 5.41) is 3.22. The fourth-order valence-corrected chi connectivity index (χ4v) is 1.17. The van der Waals surface area contributed by atoms with Crippen molar-refractivity contribution >= 4 is 17.5 Å². The van der Waals surface area contributed by atoms with Crippen molar-refractivity contribution in [2.75, 3.05) is 19.7 Å². The first-order valence-corrected chi connectivity index (χ1v) is 4.95. The predicted octanol–water partition coefficient (Wildman–Crippen LogP) is 0.794. The number of halogens is 1. The van der Waals surface area contributed by atoms with Gasteiger partial charge in [-0.15, -0.1) is 0 Å². The monoisotopic (exact) mass is 228 g/mol. The number of benzene rings is 1. The number of ether oxygens (including phenoxy) is 1. The van der Waals surface area contributed by atoms with Gasteiger partial charge in [-0.2, -0.15) is 0 Å². The minimum Gasteiger partial charge on any atom is -0.492 e. The number of nitrogens with one attached hydrogen (secondary N) is 1. The normalized spacial score (nSPS) is 9.73. The predicted molar refractivity (Wildman–Crippen MR) is 59.0 cm³/mol. The van der Waals surface area contributed by atoms with Crippen molar-refractivity contribution in [2.24, 2.45) is 5.73 Å². The highest BCUT2D eigenvalue weighted by atomic mass is 35.5. The van der Waals surface area contributed by atoms with Gasteiger partial charge in [0, 0.05) is 5.02 Å². The molecule has 0 saturated heterocycles. The lowest BCUT2D eigenvalue weighted by Gasteiger charge is -2.06. The van der Waals surface area contributed by atoms with Gasteiger partial charge < -0.3 is 15.8 Å². The number of rotatable bonds is 5. The summed E-state index contributed by atoms with van der Waals surface area (Å²) in [6.45, 7) is 0.825. The second-order valence-corrected chi connectivity index (χ2v) is 3.30. The molecule has 0 radical (unpaired) electrons. The van der Waals surface area contributed by atoms with Gasteiger partial charge in [0.05, 0.1) is 13.1 Å². The summed E-state index contributed by atoms with van der Waals surface area (Å²) in [6, 6.07) is 7.09. The van der Waals surface area contributed by atoms with E-state index in [0.717, 1.165) is 0 Å². The molecule has 1 rings (SSSR count). The van der Waals surface area contributed by atoms with Gasteiger partial charge in [-0.05, 0) is 18.2 Å². The summed E-state index contributed by atoms with van der Waals surface area (Å²) in [4.78, 5) is 10.8. The molecular weight excluding hydrogens is 216 g/mol. The molecule has 82 valence electrons. The second kappa shape index (κ2) is 6.27. The molecule has 3 N–H and O–H groups in total. The van der Waals surface area contributed by atoms with Crippen molar-refractivity contribution in [3.8, 4) is 5.75 Å². The Morgan fingerprint density at radius 2 is 2.33 bits per heavy atom. The topological polar surface area (TPSA) is 64.4 Å². The molecule has 1 aromatic rings. The van der Waals surface area contributed by atoms with Crippen molar-refractivity contribution in [1.82, 2.24) is 5.32 Å². The van der Waals surface area contributed by atoms with Gasteiger partial charge in [-0.1, -0.05) is 17.7 Å². The molecule has 0 bridgehead atoms. The van der Waals surface area contributed by atoms with Gasteiger partial charge in [0.2, 0.25) is 5.91 Å². The van der Waals surface area contributed by atoms with Crippen molar-refractivity contribution in [2.45, 2.75) is 0 Å². The van der Waals surface area contributed by atoms with Crippen LogP contribution in [-0.4, -0.2) is 25.6 Å². The third-order valence-electron chi connectivity index (χ3n) is 1.67. The van der Waals surface area contributed by atoms with Gasteiger partial charge in [-0.25, -0.2) is 0 Å². The Balaban J connectivity index is 2.23. The molecule has 0 atom stereocenters. The lowest BCUT2D eigenvalue weighted by molar-refractivity contribution is -0.119. The molecule has 1 amide bonds. The maximum atomic E-state index is 10.8. The van der Waals surface area contributed by atoms with E-state index in [1.165, 1.54) is 0 Å². The molecule has 0 saturated carbocycles. The quantitative estimate of drug-likeness (QED) is 0.733. The average Bonchev–Trinajstić information content (AvgIpc) is 2.24. The Bertz CT molecular complexity index is 331. The highest BCUT2D eigenvalue weighted by Gasteiger charge is 1.97. The van der Waals surface area contributed by atoms with E-state index in [9.17, 15) is 4.79 Å². The minimum atomic E-state index is -0.190. The molecular formula is C10H13ClN2O2. The molecule has 1 aromatic carbocycles. The molecule has 0 fully saturated rings. The lowest BCUT2D eigenvalue weighted by Crippen LogP contribution is -2.33. The smallest absolute Gasteiger partial charge is 0.233 e. The Kier molecular flexibility index (Phi) is 4.93. The van der Waals surface area contributed by atoms with Crippen LogP contribution >= 0.6 is 11.6 Å². The summed E-state index contributed by atoms with van der Waals surface area (Å²) >= 11 is 5.76. The van der Waals surface area contributed by atoms with Crippen molar-refractivity contribution in [1.29, 1.82) is 0 Å². The van der Waals surface area contributed by atoms with Gasteiger partial charge >= 0.3 is 0 Å². The van der Waals surface area contributed by atoms with E-state index >= 15 is 0 Å². The van der Waals surface area contributed by atoms with Crippen molar-refractivity contribution in [3.05, 3.63) is 29.3 Å². The summed E-state index contributed by atoms with van der Waals surface area (Å²) < 4.78 is 5.34. The maximum absolute atomic E-state index is 10.8. The van der Waals surface area contributed by atoms with E-state index in [2.05, 4.69) is 5.32 Å². The van der Waals surface area contributed by atoms with E-state index in [-0.39, 0.29) is 12.5 Å². The first-order chi connectivity index (χ1) is 7.22. The van der Waals surface area contributed by atoms with E-state index in [1.54, 1.807) is 24.3 Å². The van der Waals surface area contributed by atoms with Crippen LogP contribution in [0.1, 0.15) is 0 Å². The van der Waals surface area contributed by atoms with Gasteiger partial charge in [-0.3, -0.25) is 4.79 Å². The van der Waals surface area contributed by atoms with Crippen LogP contribution in [0.3, 0.4) is 0 Å². The lowest BCUT2D eigenvalue weighted by atomic mass is 10.3. The molecule has 0 heterocycles. The second-order valence-electron chi connectivity index (χ2n) is 2.86. The summed E-state index contributed by atoms with van der Waals surface area (Å²) in [5.41, 5.74) is 5.11. The van der Waals surface area contributed by atoms with Gasteiger partial charge in [0.1, 0.15) is 12.4 Å². The van der Waals surface area contributed by atoms with Crippen LogP contribution in [0.25, 0.3) is 0 Å². The molecule has 0 unspecified atom stereocenters. The largest absolute Gasteiger partial charge is 0.492 e. The first kappa shape index (κ1) is 11.8. The molecule has 0 spiro atoms. The number of amides is 1. The number of hydrogen-bond acceptors (Lipinski definition) is 3. The van der Waals surface area contributed by atoms with Crippen LogP contribution in [0.5, 0.6) is 5.75 Å². The number of nitrogens with two attached hydrogens (primary N) is 1. The van der Waals surface area contributed by atoms with Gasteiger partial charge in [0.25, 0.3) is 0 Å². The molecule has 0 aliphatic heterocycles. The van der Waals surface area contributed by atoms with Crippen LogP contribution < -0.4 is 15.8 Å². The Hall–Kier alpha value is -1.26. The zero-order valence-corrected chi connectivity index (χ0v) is 8.96. The fourth-order valence-electron chi connectivity index (χ4n) is 0.988. The zero-order valence-electron chi connectivity index (χ0n) is 8.20. The first-order valence-electron chi connectivity index (χ1n) is 4.57. The van der Waals surface area contributed by atoms with Crippen molar-refractivity contribution < 1.29 is 9.53 Å². The van der Waals surface area contributed by atoms with Gasteiger partial charge in [0.15, 0.2) is 0 Å². The van der Waals surface area contributed by atoms with Crippen LogP contribution in [-0.2, 0) is 4.79 Å². The van der Waals surface area contributed by atoms with E-state index in [0.29, 0.717) is 23.9 Å². The molecule has 4 nitrogen and oxygen atoms in total. The van der Waals surface area contributed by atoms with E-state index in [1.807, 2.05) is 0 Å². The van der Waals surface area contributed by atoms with Crippen molar-refractivity contribution in [3.63, 3.8) is 0 Å². The van der Waals surface area contributed by atoms with Crippen LogP contribution in [0.15, 0.2) is 24.3 Å². The molecule has 0 aliphatic carbocycles. The molecule has 0 aromatic heterocycles. The van der Waals surface area contributed by atoms with Crippen LogP contribution in [0.2, 0.25) is 5.02 Å². The summed E-state index contributed by atoms with van der Waals surface area (Å²) in [5.74, 6) is 0.495. The fraction of sp³-hybridized carbons (Fsp3) is 0.300. The Morgan fingerprint density at radius 1 is 1.53 bits per heavy atom. The number of hydrogen-bond donors (Lipinski definition) is 2. The standard InChI is InChI=1S/C10H13ClN2O2/c11-8-2-1-3-9(6-8)15-5-4-13-10(14)7-12/h1-3,6H,4-5,7,12H2,(H,13,14). The maximum Gasteiger partial charge on any atom is 0.233 e. The molecule has 0 aliphatic rings. The SMILES string of the molecule is NCC(=O)NCCOc1cccc(Cl)c1. The number of carbonyl (C=O) groups excluding carboxylic acids is 1. The highest BCUT2D eigenvalue weighted by Crippen LogP contribution is 2.16. The minimum absolute atomic E-state index is 0.00281. The third-order valence-corrected chi connectivity index (χ3v) is 1.91. The molecule has 5 heteroatoms. The van der Waals surface area contributed by atoms with E-state index in [4.69, 9.17) is 22.1 Å². The van der Waals surface area contributed by atoms with E-state index < -0.39 is 0 Å². The highest BCUT2D eigenvalue weighted by molar-refractivity contribution is 6.30. The number of carbonyl (C=O) groups is 1. The molecule has 15 heavy (non-hydrogen) atoms. The Labute approximate surface area is 93.4 Å². The summed E-state index contributed by atoms with van der Waals surface area (Å²) in [7, 11) is 0. The zero-order chi connectivity index (χ0) is 11.1. The summed E-state index contributed by atoms with van der Waals surface area (Å²) in [6.07, 6.45) is 0. The Morgan fingerprint density at radius 3 is 3.00 bits per heavy atom. The third kappa shape index (κ3) is 4.67.